The Morgan fingerprint density at radius 3 is 2.53 bits per heavy atom. The maximum Gasteiger partial charge on any atom is 0.118 e. The lowest BCUT2D eigenvalue weighted by molar-refractivity contribution is 0.414. The van der Waals surface area contributed by atoms with E-state index in [1.165, 1.54) is 5.56 Å². The van der Waals surface area contributed by atoms with Gasteiger partial charge >= 0.3 is 0 Å². The summed E-state index contributed by atoms with van der Waals surface area (Å²) in [7, 11) is 1.68. The van der Waals surface area contributed by atoms with Crippen molar-refractivity contribution in [1.82, 2.24) is 9.55 Å². The molecule has 0 aliphatic carbocycles. The highest BCUT2D eigenvalue weighted by Crippen LogP contribution is 2.24. The van der Waals surface area contributed by atoms with E-state index in [9.17, 15) is 0 Å². The molecule has 0 fully saturated rings. The van der Waals surface area contributed by atoms with Gasteiger partial charge in [0.25, 0.3) is 0 Å². The number of benzene rings is 2. The molecule has 3 aromatic rings. The van der Waals surface area contributed by atoms with Crippen LogP contribution in [0.2, 0.25) is 0 Å². The minimum Gasteiger partial charge on any atom is -0.497 e. The summed E-state index contributed by atoms with van der Waals surface area (Å²) < 4.78 is 7.38. The number of hydrogen-bond acceptors (Lipinski definition) is 2. The Morgan fingerprint density at radius 1 is 1.05 bits per heavy atom. The van der Waals surface area contributed by atoms with Crippen LogP contribution in [0.15, 0.2) is 54.9 Å². The van der Waals surface area contributed by atoms with Crippen molar-refractivity contribution in [2.45, 2.75) is 13.0 Å². The van der Waals surface area contributed by atoms with Crippen LogP contribution in [-0.2, 0) is 0 Å². The zero-order valence-electron chi connectivity index (χ0n) is 11.1. The summed E-state index contributed by atoms with van der Waals surface area (Å²) in [6, 6.07) is 16.6. The first kappa shape index (κ1) is 11.8. The van der Waals surface area contributed by atoms with Gasteiger partial charge in [-0.15, -0.1) is 0 Å². The largest absolute Gasteiger partial charge is 0.497 e. The van der Waals surface area contributed by atoms with Crippen molar-refractivity contribution >= 4 is 11.0 Å². The standard InChI is InChI=1S/C16H16N2O/c1-12(13-7-9-14(19-2)10-8-13)18-11-17-15-5-3-4-6-16(15)18/h3-12H,1-2H3. The van der Waals surface area contributed by atoms with Crippen LogP contribution < -0.4 is 4.74 Å². The van der Waals surface area contributed by atoms with E-state index >= 15 is 0 Å². The van der Waals surface area contributed by atoms with Gasteiger partial charge in [0.1, 0.15) is 5.75 Å². The number of aromatic nitrogens is 2. The van der Waals surface area contributed by atoms with Gasteiger partial charge in [0.15, 0.2) is 0 Å². The van der Waals surface area contributed by atoms with Crippen molar-refractivity contribution in [3.05, 3.63) is 60.4 Å². The highest BCUT2D eigenvalue weighted by molar-refractivity contribution is 5.75. The molecule has 1 heterocycles. The van der Waals surface area contributed by atoms with Gasteiger partial charge in [-0.05, 0) is 36.8 Å². The highest BCUT2D eigenvalue weighted by Gasteiger charge is 2.11. The summed E-state index contributed by atoms with van der Waals surface area (Å²) in [4.78, 5) is 4.44. The average Bonchev–Trinajstić information content (AvgIpc) is 2.90. The average molecular weight is 252 g/mol. The number of para-hydroxylation sites is 2. The maximum atomic E-state index is 5.19. The van der Waals surface area contributed by atoms with Crippen molar-refractivity contribution in [3.63, 3.8) is 0 Å². The van der Waals surface area contributed by atoms with Crippen molar-refractivity contribution in [1.29, 1.82) is 0 Å². The molecule has 3 heteroatoms. The summed E-state index contributed by atoms with van der Waals surface area (Å²) in [5.41, 5.74) is 3.43. The number of rotatable bonds is 3. The minimum atomic E-state index is 0.248. The SMILES string of the molecule is COc1ccc(C(C)n2cnc3ccccc32)cc1. The van der Waals surface area contributed by atoms with E-state index in [4.69, 9.17) is 4.74 Å². The molecular formula is C16H16N2O. The van der Waals surface area contributed by atoms with E-state index in [2.05, 4.69) is 34.7 Å². The molecule has 0 amide bonds. The van der Waals surface area contributed by atoms with E-state index < -0.39 is 0 Å². The quantitative estimate of drug-likeness (QED) is 0.711. The fraction of sp³-hybridized carbons (Fsp3) is 0.188. The highest BCUT2D eigenvalue weighted by atomic mass is 16.5. The van der Waals surface area contributed by atoms with Gasteiger partial charge in [-0.1, -0.05) is 24.3 Å². The van der Waals surface area contributed by atoms with E-state index in [1.54, 1.807) is 7.11 Å². The van der Waals surface area contributed by atoms with E-state index in [-0.39, 0.29) is 6.04 Å². The number of nitrogens with zero attached hydrogens (tertiary/aromatic N) is 2. The van der Waals surface area contributed by atoms with Crippen LogP contribution in [0.1, 0.15) is 18.5 Å². The predicted octanol–water partition coefficient (Wildman–Crippen LogP) is 3.65. The Labute approximate surface area is 112 Å². The second kappa shape index (κ2) is 4.76. The Bertz CT molecular complexity index is 685. The Balaban J connectivity index is 2.00. The molecule has 1 atom stereocenters. The monoisotopic (exact) mass is 252 g/mol. The summed E-state index contributed by atoms with van der Waals surface area (Å²) >= 11 is 0. The second-order valence-corrected chi connectivity index (χ2v) is 4.59. The van der Waals surface area contributed by atoms with Crippen LogP contribution in [0.3, 0.4) is 0 Å². The first-order chi connectivity index (χ1) is 9.29. The molecule has 2 aromatic carbocycles. The minimum absolute atomic E-state index is 0.248. The molecule has 0 aliphatic heterocycles. The lowest BCUT2D eigenvalue weighted by atomic mass is 10.1. The summed E-state index contributed by atoms with van der Waals surface area (Å²) in [6.07, 6.45) is 1.90. The number of ether oxygens (including phenoxy) is 1. The molecule has 0 saturated carbocycles. The molecule has 0 N–H and O–H groups in total. The lowest BCUT2D eigenvalue weighted by Gasteiger charge is -2.15. The van der Waals surface area contributed by atoms with Crippen molar-refractivity contribution in [2.24, 2.45) is 0 Å². The van der Waals surface area contributed by atoms with Crippen molar-refractivity contribution in [3.8, 4) is 5.75 Å². The molecule has 0 spiro atoms. The van der Waals surface area contributed by atoms with E-state index in [0.717, 1.165) is 16.8 Å². The zero-order valence-corrected chi connectivity index (χ0v) is 11.1. The van der Waals surface area contributed by atoms with E-state index in [0.29, 0.717) is 0 Å². The van der Waals surface area contributed by atoms with Gasteiger partial charge in [0.05, 0.1) is 30.5 Å². The normalized spacial score (nSPS) is 12.5. The van der Waals surface area contributed by atoms with Gasteiger partial charge < -0.3 is 9.30 Å². The lowest BCUT2D eigenvalue weighted by Crippen LogP contribution is -2.05. The molecular weight excluding hydrogens is 236 g/mol. The van der Waals surface area contributed by atoms with Gasteiger partial charge in [0, 0.05) is 0 Å². The summed E-state index contributed by atoms with van der Waals surface area (Å²) in [5, 5.41) is 0. The predicted molar refractivity (Wildman–Crippen MR) is 76.5 cm³/mol. The topological polar surface area (TPSA) is 27.1 Å². The fourth-order valence-corrected chi connectivity index (χ4v) is 2.33. The number of fused-ring (bicyclic) bond motifs is 1. The third-order valence-electron chi connectivity index (χ3n) is 3.50. The van der Waals surface area contributed by atoms with Crippen LogP contribution in [-0.4, -0.2) is 16.7 Å². The third kappa shape index (κ3) is 2.08. The molecule has 19 heavy (non-hydrogen) atoms. The maximum absolute atomic E-state index is 5.19. The van der Waals surface area contributed by atoms with Crippen LogP contribution >= 0.6 is 0 Å². The number of hydrogen-bond donors (Lipinski definition) is 0. The number of imidazole rings is 1. The fourth-order valence-electron chi connectivity index (χ4n) is 2.33. The van der Waals surface area contributed by atoms with Crippen LogP contribution in [0.4, 0.5) is 0 Å². The van der Waals surface area contributed by atoms with Crippen LogP contribution in [0, 0.1) is 0 Å². The van der Waals surface area contributed by atoms with Crippen LogP contribution in [0.25, 0.3) is 11.0 Å². The molecule has 96 valence electrons. The van der Waals surface area contributed by atoms with Crippen molar-refractivity contribution in [2.75, 3.05) is 7.11 Å². The molecule has 0 saturated heterocycles. The second-order valence-electron chi connectivity index (χ2n) is 4.59. The number of methoxy groups -OCH3 is 1. The van der Waals surface area contributed by atoms with Gasteiger partial charge in [-0.3, -0.25) is 0 Å². The molecule has 0 bridgehead atoms. The molecule has 3 rings (SSSR count). The third-order valence-corrected chi connectivity index (χ3v) is 3.50. The first-order valence-electron chi connectivity index (χ1n) is 6.35. The Morgan fingerprint density at radius 2 is 1.79 bits per heavy atom. The van der Waals surface area contributed by atoms with E-state index in [1.807, 2.05) is 36.7 Å². The molecule has 0 radical (unpaired) electrons. The van der Waals surface area contributed by atoms with Crippen LogP contribution in [0.5, 0.6) is 5.75 Å². The Hall–Kier alpha value is -2.29. The smallest absolute Gasteiger partial charge is 0.118 e. The van der Waals surface area contributed by atoms with Crippen molar-refractivity contribution < 1.29 is 4.74 Å². The Kier molecular flexibility index (Phi) is 2.95. The summed E-state index contributed by atoms with van der Waals surface area (Å²) in [6.45, 7) is 2.18. The van der Waals surface area contributed by atoms with Gasteiger partial charge in [0.2, 0.25) is 0 Å². The first-order valence-corrected chi connectivity index (χ1v) is 6.35. The van der Waals surface area contributed by atoms with Gasteiger partial charge in [-0.2, -0.15) is 0 Å². The molecule has 1 aromatic heterocycles. The summed E-state index contributed by atoms with van der Waals surface area (Å²) in [5.74, 6) is 0.881. The molecule has 1 unspecified atom stereocenters. The molecule has 3 nitrogen and oxygen atoms in total. The molecule has 0 aliphatic rings. The zero-order chi connectivity index (χ0) is 13.2. The van der Waals surface area contributed by atoms with Gasteiger partial charge in [-0.25, -0.2) is 4.98 Å².